The van der Waals surface area contributed by atoms with E-state index in [-0.39, 0.29) is 11.8 Å². The van der Waals surface area contributed by atoms with Gasteiger partial charge in [-0.15, -0.1) is 0 Å². The molecule has 1 aliphatic heterocycles. The van der Waals surface area contributed by atoms with Crippen LogP contribution in [-0.2, 0) is 16.0 Å². The van der Waals surface area contributed by atoms with E-state index in [4.69, 9.17) is 4.74 Å². The van der Waals surface area contributed by atoms with E-state index in [2.05, 4.69) is 11.8 Å². The molecule has 0 spiro atoms. The van der Waals surface area contributed by atoms with Crippen LogP contribution < -0.4 is 4.74 Å². The first-order valence-electron chi connectivity index (χ1n) is 12.6. The van der Waals surface area contributed by atoms with Crippen molar-refractivity contribution in [2.24, 2.45) is 0 Å². The predicted octanol–water partition coefficient (Wildman–Crippen LogP) is 3.73. The number of hydrogen-bond acceptors (Lipinski definition) is 4. The van der Waals surface area contributed by atoms with Crippen LogP contribution in [-0.4, -0.2) is 78.4 Å². The number of carbonyl (C=O) groups excluding carboxylic acids is 2. The smallest absolute Gasteiger partial charge is 0.227 e. The highest BCUT2D eigenvalue weighted by Crippen LogP contribution is 2.25. The highest BCUT2D eigenvalue weighted by atomic mass is 16.5. The number of unbranched alkanes of at least 4 members (excludes halogenated alkanes) is 1. The Labute approximate surface area is 193 Å². The quantitative estimate of drug-likeness (QED) is 0.462. The van der Waals surface area contributed by atoms with Crippen LogP contribution in [0.3, 0.4) is 0 Å². The lowest BCUT2D eigenvalue weighted by Crippen LogP contribution is -2.53. The molecule has 1 saturated heterocycles. The van der Waals surface area contributed by atoms with Gasteiger partial charge in [-0.25, -0.2) is 0 Å². The summed E-state index contributed by atoms with van der Waals surface area (Å²) in [4.78, 5) is 32.1. The van der Waals surface area contributed by atoms with Crippen LogP contribution in [0.5, 0.6) is 5.75 Å². The molecule has 6 nitrogen and oxygen atoms in total. The SMILES string of the molecule is CCCN(CCCCC(=O)N1CCN(C2CCC2)CC1)C(=O)Cc1ccccc1OCC. The van der Waals surface area contributed by atoms with Crippen molar-refractivity contribution in [1.29, 1.82) is 0 Å². The number of benzene rings is 1. The molecule has 32 heavy (non-hydrogen) atoms. The minimum Gasteiger partial charge on any atom is -0.494 e. The molecule has 2 amide bonds. The van der Waals surface area contributed by atoms with E-state index in [1.165, 1.54) is 19.3 Å². The van der Waals surface area contributed by atoms with Crippen LogP contribution in [0.1, 0.15) is 64.4 Å². The molecule has 0 aromatic heterocycles. The zero-order valence-corrected chi connectivity index (χ0v) is 20.1. The monoisotopic (exact) mass is 443 g/mol. The minimum absolute atomic E-state index is 0.137. The van der Waals surface area contributed by atoms with Gasteiger partial charge in [0.1, 0.15) is 5.75 Å². The summed E-state index contributed by atoms with van der Waals surface area (Å²) < 4.78 is 5.67. The fraction of sp³-hybridized carbons (Fsp3) is 0.692. The van der Waals surface area contributed by atoms with Crippen LogP contribution in [0, 0.1) is 0 Å². The Morgan fingerprint density at radius 3 is 2.44 bits per heavy atom. The molecule has 1 aromatic carbocycles. The van der Waals surface area contributed by atoms with Crippen molar-refractivity contribution in [3.05, 3.63) is 29.8 Å². The van der Waals surface area contributed by atoms with Gasteiger partial charge in [-0.1, -0.05) is 31.5 Å². The van der Waals surface area contributed by atoms with Crippen molar-refractivity contribution in [3.63, 3.8) is 0 Å². The van der Waals surface area contributed by atoms with Gasteiger partial charge in [0, 0.05) is 57.3 Å². The molecule has 1 aromatic rings. The molecule has 0 radical (unpaired) electrons. The average Bonchev–Trinajstić information content (AvgIpc) is 2.76. The maximum Gasteiger partial charge on any atom is 0.227 e. The van der Waals surface area contributed by atoms with Gasteiger partial charge in [-0.3, -0.25) is 14.5 Å². The third-order valence-corrected chi connectivity index (χ3v) is 6.79. The van der Waals surface area contributed by atoms with E-state index in [0.717, 1.165) is 69.3 Å². The lowest BCUT2D eigenvalue weighted by atomic mass is 9.91. The summed E-state index contributed by atoms with van der Waals surface area (Å²) in [5.41, 5.74) is 0.941. The van der Waals surface area contributed by atoms with Crippen molar-refractivity contribution >= 4 is 11.8 Å². The first kappa shape index (κ1) is 24.6. The van der Waals surface area contributed by atoms with Gasteiger partial charge >= 0.3 is 0 Å². The van der Waals surface area contributed by atoms with Crippen molar-refractivity contribution in [3.8, 4) is 5.75 Å². The van der Waals surface area contributed by atoms with Crippen LogP contribution in [0.4, 0.5) is 0 Å². The van der Waals surface area contributed by atoms with E-state index in [1.54, 1.807) is 0 Å². The van der Waals surface area contributed by atoms with Crippen LogP contribution >= 0.6 is 0 Å². The second-order valence-electron chi connectivity index (χ2n) is 9.06. The number of para-hydroxylation sites is 1. The number of nitrogens with zero attached hydrogens (tertiary/aromatic N) is 3. The first-order valence-corrected chi connectivity index (χ1v) is 12.6. The number of carbonyl (C=O) groups is 2. The topological polar surface area (TPSA) is 53.1 Å². The highest BCUT2D eigenvalue weighted by molar-refractivity contribution is 5.79. The number of piperazine rings is 1. The zero-order chi connectivity index (χ0) is 22.8. The molecule has 2 fully saturated rings. The minimum atomic E-state index is 0.137. The largest absolute Gasteiger partial charge is 0.494 e. The summed E-state index contributed by atoms with van der Waals surface area (Å²) in [6.07, 6.45) is 7.61. The summed E-state index contributed by atoms with van der Waals surface area (Å²) in [6.45, 7) is 9.91. The van der Waals surface area contributed by atoms with Crippen molar-refractivity contribution in [1.82, 2.24) is 14.7 Å². The fourth-order valence-electron chi connectivity index (χ4n) is 4.68. The summed E-state index contributed by atoms with van der Waals surface area (Å²) >= 11 is 0. The molecule has 6 heteroatoms. The van der Waals surface area contributed by atoms with Gasteiger partial charge in [-0.2, -0.15) is 0 Å². The second-order valence-corrected chi connectivity index (χ2v) is 9.06. The summed E-state index contributed by atoms with van der Waals surface area (Å²) in [5.74, 6) is 1.21. The molecular formula is C26H41N3O3. The first-order chi connectivity index (χ1) is 15.6. The Balaban J connectivity index is 1.38. The maximum absolute atomic E-state index is 12.9. The Kier molecular flexibility index (Phi) is 9.85. The molecule has 0 atom stereocenters. The molecule has 0 bridgehead atoms. The van der Waals surface area contributed by atoms with Gasteiger partial charge in [-0.05, 0) is 45.1 Å². The van der Waals surface area contributed by atoms with Gasteiger partial charge < -0.3 is 14.5 Å². The molecule has 0 N–H and O–H groups in total. The number of rotatable bonds is 12. The second kappa shape index (κ2) is 12.8. The number of ether oxygens (including phenoxy) is 1. The molecule has 1 saturated carbocycles. The summed E-state index contributed by atoms with van der Waals surface area (Å²) in [6, 6.07) is 8.55. The summed E-state index contributed by atoms with van der Waals surface area (Å²) in [5, 5.41) is 0. The highest BCUT2D eigenvalue weighted by Gasteiger charge is 2.29. The zero-order valence-electron chi connectivity index (χ0n) is 20.1. The molecule has 178 valence electrons. The van der Waals surface area contributed by atoms with E-state index >= 15 is 0 Å². The normalized spacial score (nSPS) is 17.1. The van der Waals surface area contributed by atoms with Crippen molar-refractivity contribution < 1.29 is 14.3 Å². The van der Waals surface area contributed by atoms with Crippen LogP contribution in [0.15, 0.2) is 24.3 Å². The third-order valence-electron chi connectivity index (χ3n) is 6.79. The molecule has 2 aliphatic rings. The Hall–Kier alpha value is -2.08. The Bertz CT molecular complexity index is 727. The third kappa shape index (κ3) is 6.96. The van der Waals surface area contributed by atoms with Gasteiger partial charge in [0.05, 0.1) is 13.0 Å². The lowest BCUT2D eigenvalue weighted by molar-refractivity contribution is -0.133. The fourth-order valence-corrected chi connectivity index (χ4v) is 4.68. The van der Waals surface area contributed by atoms with E-state index in [9.17, 15) is 9.59 Å². The molecular weight excluding hydrogens is 402 g/mol. The van der Waals surface area contributed by atoms with Crippen molar-refractivity contribution in [2.45, 2.75) is 71.3 Å². The van der Waals surface area contributed by atoms with E-state index < -0.39 is 0 Å². The van der Waals surface area contributed by atoms with Gasteiger partial charge in [0.25, 0.3) is 0 Å². The number of hydrogen-bond donors (Lipinski definition) is 0. The predicted molar refractivity (Wildman–Crippen MR) is 128 cm³/mol. The van der Waals surface area contributed by atoms with E-state index in [1.807, 2.05) is 41.0 Å². The Morgan fingerprint density at radius 2 is 1.78 bits per heavy atom. The molecule has 1 heterocycles. The molecule has 0 unspecified atom stereocenters. The van der Waals surface area contributed by atoms with Gasteiger partial charge in [0.15, 0.2) is 0 Å². The average molecular weight is 444 g/mol. The maximum atomic E-state index is 12.9. The molecule has 1 aliphatic carbocycles. The Morgan fingerprint density at radius 1 is 1.03 bits per heavy atom. The van der Waals surface area contributed by atoms with E-state index in [0.29, 0.717) is 26.0 Å². The van der Waals surface area contributed by atoms with Gasteiger partial charge in [0.2, 0.25) is 11.8 Å². The van der Waals surface area contributed by atoms with Crippen LogP contribution in [0.25, 0.3) is 0 Å². The molecule has 3 rings (SSSR count). The standard InChI is InChI=1S/C26H41N3O3/c1-3-15-28(26(31)21-22-10-5-6-13-24(22)32-4-2)16-8-7-14-25(30)29-19-17-27(18-20-29)23-11-9-12-23/h5-6,10,13,23H,3-4,7-9,11-12,14-21H2,1-2H3. The number of amides is 2. The summed E-state index contributed by atoms with van der Waals surface area (Å²) in [7, 11) is 0. The van der Waals surface area contributed by atoms with Crippen LogP contribution in [0.2, 0.25) is 0 Å². The lowest BCUT2D eigenvalue weighted by Gasteiger charge is -2.43. The van der Waals surface area contributed by atoms with Crippen molar-refractivity contribution in [2.75, 3.05) is 45.9 Å².